The van der Waals surface area contributed by atoms with Gasteiger partial charge in [0.15, 0.2) is 0 Å². The average Bonchev–Trinajstić information content (AvgIpc) is 2.82. The summed E-state index contributed by atoms with van der Waals surface area (Å²) in [6, 6.07) is 8.39. The second-order valence-corrected chi connectivity index (χ2v) is 5.00. The minimum absolute atomic E-state index is 0.116. The van der Waals surface area contributed by atoms with Gasteiger partial charge in [0.05, 0.1) is 6.42 Å². The molecule has 1 unspecified atom stereocenters. The lowest BCUT2D eigenvalue weighted by Crippen LogP contribution is -2.35. The highest BCUT2D eigenvalue weighted by Crippen LogP contribution is 2.18. The van der Waals surface area contributed by atoms with Crippen LogP contribution in [0.3, 0.4) is 0 Å². The van der Waals surface area contributed by atoms with Crippen LogP contribution in [0.5, 0.6) is 0 Å². The molecule has 3 nitrogen and oxygen atoms in total. The predicted molar refractivity (Wildman–Crippen MR) is 79.1 cm³/mol. The van der Waals surface area contributed by atoms with Crippen LogP contribution in [-0.2, 0) is 11.2 Å². The number of carbonyl (C=O) groups excluding carboxylic acids is 1. The molecule has 0 bridgehead atoms. The largest absolute Gasteiger partial charge is 0.361 e. The third kappa shape index (κ3) is 3.37. The highest BCUT2D eigenvalue weighted by Gasteiger charge is 2.12. The molecule has 0 fully saturated rings. The number of hydrogen-bond acceptors (Lipinski definition) is 1. The van der Waals surface area contributed by atoms with Gasteiger partial charge in [-0.15, -0.1) is 0 Å². The van der Waals surface area contributed by atoms with Crippen LogP contribution in [0.4, 0.5) is 0 Å². The third-order valence-electron chi connectivity index (χ3n) is 3.52. The molecule has 19 heavy (non-hydrogen) atoms. The normalized spacial score (nSPS) is 12.5. The Hall–Kier alpha value is -1.77. The smallest absolute Gasteiger partial charge is 0.224 e. The number of aromatic amines is 1. The maximum absolute atomic E-state index is 12.1. The molecule has 0 aliphatic carbocycles. The van der Waals surface area contributed by atoms with Crippen molar-refractivity contribution in [2.24, 2.45) is 0 Å². The number of aromatic nitrogens is 1. The van der Waals surface area contributed by atoms with Gasteiger partial charge < -0.3 is 10.3 Å². The second kappa shape index (κ2) is 6.41. The Balaban J connectivity index is 2.02. The van der Waals surface area contributed by atoms with Gasteiger partial charge in [-0.25, -0.2) is 0 Å². The molecule has 0 aliphatic rings. The molecule has 1 atom stereocenters. The van der Waals surface area contributed by atoms with E-state index < -0.39 is 0 Å². The number of H-pyrrole nitrogens is 1. The Morgan fingerprint density at radius 3 is 2.84 bits per heavy atom. The number of rotatable bonds is 6. The van der Waals surface area contributed by atoms with E-state index >= 15 is 0 Å². The van der Waals surface area contributed by atoms with Gasteiger partial charge >= 0.3 is 0 Å². The van der Waals surface area contributed by atoms with Crippen LogP contribution in [0.25, 0.3) is 10.9 Å². The van der Waals surface area contributed by atoms with Crippen LogP contribution >= 0.6 is 0 Å². The first kappa shape index (κ1) is 13.7. The lowest BCUT2D eigenvalue weighted by atomic mass is 10.1. The van der Waals surface area contributed by atoms with E-state index in [1.807, 2.05) is 24.4 Å². The van der Waals surface area contributed by atoms with Gasteiger partial charge in [0.2, 0.25) is 5.91 Å². The summed E-state index contributed by atoms with van der Waals surface area (Å²) in [7, 11) is 0. The third-order valence-corrected chi connectivity index (χ3v) is 3.52. The number of carbonyl (C=O) groups is 1. The quantitative estimate of drug-likeness (QED) is 0.819. The van der Waals surface area contributed by atoms with Crippen LogP contribution in [0.15, 0.2) is 30.5 Å². The molecule has 1 heterocycles. The summed E-state index contributed by atoms with van der Waals surface area (Å²) >= 11 is 0. The number of nitrogens with one attached hydrogen (secondary N) is 2. The molecule has 0 saturated carbocycles. The van der Waals surface area contributed by atoms with Crippen LogP contribution < -0.4 is 5.32 Å². The predicted octanol–water partition coefficient (Wildman–Crippen LogP) is 3.41. The molecule has 0 spiro atoms. The van der Waals surface area contributed by atoms with Crippen molar-refractivity contribution in [1.29, 1.82) is 0 Å². The van der Waals surface area contributed by atoms with Crippen molar-refractivity contribution in [3.8, 4) is 0 Å². The molecular formula is C16H22N2O. The monoisotopic (exact) mass is 258 g/mol. The lowest BCUT2D eigenvalue weighted by molar-refractivity contribution is -0.121. The Morgan fingerprint density at radius 1 is 1.32 bits per heavy atom. The summed E-state index contributed by atoms with van der Waals surface area (Å²) in [5.74, 6) is 0.116. The first-order valence-electron chi connectivity index (χ1n) is 7.09. The number of hydrogen-bond donors (Lipinski definition) is 2. The van der Waals surface area contributed by atoms with E-state index in [1.54, 1.807) is 0 Å². The number of para-hydroxylation sites is 1. The van der Waals surface area contributed by atoms with Crippen molar-refractivity contribution in [2.75, 3.05) is 0 Å². The van der Waals surface area contributed by atoms with Gasteiger partial charge in [-0.1, -0.05) is 38.5 Å². The zero-order chi connectivity index (χ0) is 13.7. The maximum Gasteiger partial charge on any atom is 0.224 e. The fraction of sp³-hybridized carbons (Fsp3) is 0.438. The van der Waals surface area contributed by atoms with Crippen molar-refractivity contribution < 1.29 is 4.79 Å². The number of fused-ring (bicyclic) bond motifs is 1. The summed E-state index contributed by atoms with van der Waals surface area (Å²) in [4.78, 5) is 15.3. The van der Waals surface area contributed by atoms with Gasteiger partial charge in [0, 0.05) is 23.1 Å². The molecule has 2 rings (SSSR count). The molecule has 1 aromatic carbocycles. The Labute approximate surface area is 114 Å². The fourth-order valence-corrected chi connectivity index (χ4v) is 2.46. The number of benzene rings is 1. The molecular weight excluding hydrogens is 236 g/mol. The van der Waals surface area contributed by atoms with Crippen molar-refractivity contribution in [3.63, 3.8) is 0 Å². The fourth-order valence-electron chi connectivity index (χ4n) is 2.46. The summed E-state index contributed by atoms with van der Waals surface area (Å²) < 4.78 is 0. The molecule has 0 radical (unpaired) electrons. The molecule has 0 saturated heterocycles. The first-order valence-corrected chi connectivity index (χ1v) is 7.09. The van der Waals surface area contributed by atoms with Crippen molar-refractivity contribution in [3.05, 3.63) is 36.0 Å². The van der Waals surface area contributed by atoms with E-state index in [4.69, 9.17) is 0 Å². The van der Waals surface area contributed by atoms with Crippen molar-refractivity contribution >= 4 is 16.8 Å². The Kier molecular flexibility index (Phi) is 4.61. The van der Waals surface area contributed by atoms with Crippen LogP contribution in [0, 0.1) is 0 Å². The molecule has 3 heteroatoms. The summed E-state index contributed by atoms with van der Waals surface area (Å²) in [6.45, 7) is 4.26. The molecule has 2 aromatic rings. The second-order valence-electron chi connectivity index (χ2n) is 5.00. The summed E-state index contributed by atoms with van der Waals surface area (Å²) in [5, 5.41) is 4.26. The summed E-state index contributed by atoms with van der Waals surface area (Å²) in [5.41, 5.74) is 2.16. The zero-order valence-electron chi connectivity index (χ0n) is 11.7. The Bertz CT molecular complexity index is 544. The van der Waals surface area contributed by atoms with E-state index in [0.29, 0.717) is 12.5 Å². The van der Waals surface area contributed by atoms with Crippen LogP contribution in [0.2, 0.25) is 0 Å². The SMILES string of the molecule is CCCC(CC)NC(=O)Cc1c[nH]c2ccccc12. The van der Waals surface area contributed by atoms with E-state index in [2.05, 4.69) is 30.2 Å². The molecule has 102 valence electrons. The minimum atomic E-state index is 0.116. The molecule has 1 amide bonds. The van der Waals surface area contributed by atoms with Crippen molar-refractivity contribution in [2.45, 2.75) is 45.6 Å². The van der Waals surface area contributed by atoms with E-state index in [-0.39, 0.29) is 5.91 Å². The van der Waals surface area contributed by atoms with Gasteiger partial charge in [-0.05, 0) is 24.5 Å². The lowest BCUT2D eigenvalue weighted by Gasteiger charge is -2.15. The summed E-state index contributed by atoms with van der Waals surface area (Å²) in [6.07, 6.45) is 5.53. The van der Waals surface area contributed by atoms with E-state index in [0.717, 1.165) is 35.7 Å². The number of amides is 1. The zero-order valence-corrected chi connectivity index (χ0v) is 11.7. The van der Waals surface area contributed by atoms with Crippen molar-refractivity contribution in [1.82, 2.24) is 10.3 Å². The van der Waals surface area contributed by atoms with Gasteiger partial charge in [-0.2, -0.15) is 0 Å². The van der Waals surface area contributed by atoms with Gasteiger partial charge in [-0.3, -0.25) is 4.79 Å². The average molecular weight is 258 g/mol. The minimum Gasteiger partial charge on any atom is -0.361 e. The maximum atomic E-state index is 12.1. The van der Waals surface area contributed by atoms with Crippen LogP contribution in [-0.4, -0.2) is 16.9 Å². The topological polar surface area (TPSA) is 44.9 Å². The molecule has 0 aliphatic heterocycles. The van der Waals surface area contributed by atoms with Gasteiger partial charge in [0.25, 0.3) is 0 Å². The molecule has 1 aromatic heterocycles. The first-order chi connectivity index (χ1) is 9.24. The molecule has 2 N–H and O–H groups in total. The Morgan fingerprint density at radius 2 is 2.11 bits per heavy atom. The van der Waals surface area contributed by atoms with Crippen LogP contribution in [0.1, 0.15) is 38.7 Å². The highest BCUT2D eigenvalue weighted by atomic mass is 16.1. The van der Waals surface area contributed by atoms with E-state index in [1.165, 1.54) is 0 Å². The standard InChI is InChI=1S/C16H22N2O/c1-3-7-13(4-2)18-16(19)10-12-11-17-15-9-6-5-8-14(12)15/h5-6,8-9,11,13,17H,3-4,7,10H2,1-2H3,(H,18,19). The van der Waals surface area contributed by atoms with E-state index in [9.17, 15) is 4.79 Å². The highest BCUT2D eigenvalue weighted by molar-refractivity contribution is 5.88. The van der Waals surface area contributed by atoms with Gasteiger partial charge in [0.1, 0.15) is 0 Å².